The highest BCUT2D eigenvalue weighted by molar-refractivity contribution is 5.79. The highest BCUT2D eigenvalue weighted by Crippen LogP contribution is 2.05. The normalized spacial score (nSPS) is 11.7. The zero-order valence-corrected chi connectivity index (χ0v) is 13.6. The first-order valence-corrected chi connectivity index (χ1v) is 7.67. The molecule has 0 radical (unpaired) electrons. The molecule has 0 bridgehead atoms. The number of nitrogens with one attached hydrogen (secondary N) is 2. The number of nitrogens with zero attached hydrogens (tertiary/aromatic N) is 3. The summed E-state index contributed by atoms with van der Waals surface area (Å²) in [5.41, 5.74) is 1.27. The largest absolute Gasteiger partial charge is 0.356 e. The molecule has 0 aliphatic rings. The van der Waals surface area contributed by atoms with Gasteiger partial charge in [0.2, 0.25) is 0 Å². The van der Waals surface area contributed by atoms with E-state index in [0.29, 0.717) is 12.5 Å². The smallest absolute Gasteiger partial charge is 0.191 e. The van der Waals surface area contributed by atoms with Gasteiger partial charge < -0.3 is 15.2 Å². The summed E-state index contributed by atoms with van der Waals surface area (Å²) < 4.78 is 2.15. The lowest BCUT2D eigenvalue weighted by Gasteiger charge is -2.14. The Bertz CT molecular complexity index is 586. The zero-order valence-electron chi connectivity index (χ0n) is 13.6. The number of imidazole rings is 1. The lowest BCUT2D eigenvalue weighted by molar-refractivity contribution is 0.610. The van der Waals surface area contributed by atoms with Crippen LogP contribution in [0, 0.1) is 5.92 Å². The van der Waals surface area contributed by atoms with Gasteiger partial charge >= 0.3 is 0 Å². The van der Waals surface area contributed by atoms with Crippen molar-refractivity contribution in [3.05, 3.63) is 54.1 Å². The number of benzene rings is 1. The molecule has 22 heavy (non-hydrogen) atoms. The summed E-state index contributed by atoms with van der Waals surface area (Å²) in [5, 5.41) is 6.61. The van der Waals surface area contributed by atoms with Gasteiger partial charge in [-0.15, -0.1) is 0 Å². The lowest BCUT2D eigenvalue weighted by atomic mass is 10.2. The van der Waals surface area contributed by atoms with Gasteiger partial charge in [-0.1, -0.05) is 44.2 Å². The number of hydrogen-bond acceptors (Lipinski definition) is 2. The Labute approximate surface area is 132 Å². The SMILES string of the molecule is CN=C(NCc1nccn1Cc1ccccc1)NCC(C)C. The number of aliphatic imine (C=N–C) groups is 1. The van der Waals surface area contributed by atoms with Crippen molar-refractivity contribution in [3.8, 4) is 0 Å². The Morgan fingerprint density at radius 2 is 2.00 bits per heavy atom. The van der Waals surface area contributed by atoms with E-state index >= 15 is 0 Å². The standard InChI is InChI=1S/C17H25N5/c1-14(2)11-20-17(18-3)21-12-16-19-9-10-22(16)13-15-7-5-4-6-8-15/h4-10,14H,11-13H2,1-3H3,(H2,18,20,21). The van der Waals surface area contributed by atoms with E-state index in [9.17, 15) is 0 Å². The molecule has 2 N–H and O–H groups in total. The van der Waals surface area contributed by atoms with Crippen molar-refractivity contribution in [2.75, 3.05) is 13.6 Å². The minimum absolute atomic E-state index is 0.582. The summed E-state index contributed by atoms with van der Waals surface area (Å²) in [6.45, 7) is 6.73. The van der Waals surface area contributed by atoms with E-state index in [4.69, 9.17) is 0 Å². The fourth-order valence-corrected chi connectivity index (χ4v) is 2.12. The predicted octanol–water partition coefficient (Wildman–Crippen LogP) is 2.25. The Balaban J connectivity index is 1.92. The van der Waals surface area contributed by atoms with Crippen LogP contribution in [0.2, 0.25) is 0 Å². The molecule has 1 aromatic carbocycles. The molecule has 0 unspecified atom stereocenters. The molecule has 0 atom stereocenters. The molecule has 0 spiro atoms. The van der Waals surface area contributed by atoms with Gasteiger partial charge in [0, 0.05) is 32.5 Å². The van der Waals surface area contributed by atoms with Gasteiger partial charge in [-0.3, -0.25) is 4.99 Å². The summed E-state index contributed by atoms with van der Waals surface area (Å²) in [4.78, 5) is 8.66. The van der Waals surface area contributed by atoms with E-state index in [-0.39, 0.29) is 0 Å². The van der Waals surface area contributed by atoms with Crippen LogP contribution < -0.4 is 10.6 Å². The second-order valence-corrected chi connectivity index (χ2v) is 5.66. The second-order valence-electron chi connectivity index (χ2n) is 5.66. The molecule has 1 aromatic heterocycles. The molecule has 118 valence electrons. The maximum atomic E-state index is 4.43. The van der Waals surface area contributed by atoms with Gasteiger partial charge in [0.15, 0.2) is 5.96 Å². The summed E-state index contributed by atoms with van der Waals surface area (Å²) in [5.74, 6) is 2.39. The van der Waals surface area contributed by atoms with Gasteiger partial charge in [-0.2, -0.15) is 0 Å². The van der Waals surface area contributed by atoms with Crippen LogP contribution >= 0.6 is 0 Å². The van der Waals surface area contributed by atoms with Crippen LogP contribution in [-0.4, -0.2) is 29.1 Å². The summed E-state index contributed by atoms with van der Waals surface area (Å²) in [7, 11) is 1.78. The van der Waals surface area contributed by atoms with Gasteiger partial charge in [-0.05, 0) is 11.5 Å². The van der Waals surface area contributed by atoms with Crippen LogP contribution in [0.15, 0.2) is 47.7 Å². The van der Waals surface area contributed by atoms with Crippen LogP contribution in [0.4, 0.5) is 0 Å². The van der Waals surface area contributed by atoms with E-state index in [1.165, 1.54) is 5.56 Å². The second kappa shape index (κ2) is 8.22. The maximum Gasteiger partial charge on any atom is 0.191 e. The van der Waals surface area contributed by atoms with Crippen LogP contribution in [0.25, 0.3) is 0 Å². The van der Waals surface area contributed by atoms with Crippen molar-refractivity contribution in [2.45, 2.75) is 26.9 Å². The zero-order chi connectivity index (χ0) is 15.8. The van der Waals surface area contributed by atoms with Gasteiger partial charge in [0.25, 0.3) is 0 Å². The summed E-state index contributed by atoms with van der Waals surface area (Å²) in [6.07, 6.45) is 3.85. The van der Waals surface area contributed by atoms with Crippen molar-refractivity contribution in [3.63, 3.8) is 0 Å². The molecule has 1 heterocycles. The molecule has 0 aliphatic carbocycles. The monoisotopic (exact) mass is 299 g/mol. The Hall–Kier alpha value is -2.30. The molecule has 5 heteroatoms. The first kappa shape index (κ1) is 16.1. The molecule has 2 rings (SSSR count). The van der Waals surface area contributed by atoms with Gasteiger partial charge in [0.05, 0.1) is 6.54 Å². The highest BCUT2D eigenvalue weighted by Gasteiger charge is 2.05. The third kappa shape index (κ3) is 4.91. The molecular weight excluding hydrogens is 274 g/mol. The minimum Gasteiger partial charge on any atom is -0.356 e. The lowest BCUT2D eigenvalue weighted by Crippen LogP contribution is -2.39. The molecule has 0 aliphatic heterocycles. The predicted molar refractivity (Wildman–Crippen MR) is 90.8 cm³/mol. The van der Waals surface area contributed by atoms with Crippen LogP contribution in [0.5, 0.6) is 0 Å². The Morgan fingerprint density at radius 1 is 1.23 bits per heavy atom. The molecule has 0 amide bonds. The van der Waals surface area contributed by atoms with Crippen LogP contribution in [-0.2, 0) is 13.1 Å². The third-order valence-electron chi connectivity index (χ3n) is 3.31. The highest BCUT2D eigenvalue weighted by atomic mass is 15.2. The first-order chi connectivity index (χ1) is 10.7. The minimum atomic E-state index is 0.582. The molecule has 0 saturated heterocycles. The fourth-order valence-electron chi connectivity index (χ4n) is 2.12. The fraction of sp³-hybridized carbons (Fsp3) is 0.412. The molecule has 5 nitrogen and oxygen atoms in total. The topological polar surface area (TPSA) is 54.2 Å². The number of aromatic nitrogens is 2. The van der Waals surface area contributed by atoms with Gasteiger partial charge in [-0.25, -0.2) is 4.98 Å². The number of hydrogen-bond donors (Lipinski definition) is 2. The number of guanidine groups is 1. The molecular formula is C17H25N5. The van der Waals surface area contributed by atoms with E-state index < -0.39 is 0 Å². The van der Waals surface area contributed by atoms with Crippen molar-refractivity contribution < 1.29 is 0 Å². The first-order valence-electron chi connectivity index (χ1n) is 7.67. The average Bonchev–Trinajstić information content (AvgIpc) is 2.95. The van der Waals surface area contributed by atoms with Gasteiger partial charge in [0.1, 0.15) is 5.82 Å². The quantitative estimate of drug-likeness (QED) is 0.635. The number of rotatable bonds is 6. The molecule has 2 aromatic rings. The summed E-state index contributed by atoms with van der Waals surface area (Å²) >= 11 is 0. The van der Waals surface area contributed by atoms with Crippen molar-refractivity contribution >= 4 is 5.96 Å². The van der Waals surface area contributed by atoms with Crippen molar-refractivity contribution in [1.29, 1.82) is 0 Å². The Kier molecular flexibility index (Phi) is 6.01. The average molecular weight is 299 g/mol. The van der Waals surface area contributed by atoms with Crippen molar-refractivity contribution in [1.82, 2.24) is 20.2 Å². The van der Waals surface area contributed by atoms with E-state index in [1.54, 1.807) is 7.05 Å². The van der Waals surface area contributed by atoms with E-state index in [1.807, 2.05) is 18.5 Å². The van der Waals surface area contributed by atoms with Crippen LogP contribution in [0.1, 0.15) is 25.2 Å². The summed E-state index contributed by atoms with van der Waals surface area (Å²) in [6, 6.07) is 10.4. The molecule has 0 fully saturated rings. The maximum absolute atomic E-state index is 4.43. The molecule has 0 saturated carbocycles. The van der Waals surface area contributed by atoms with E-state index in [2.05, 4.69) is 63.3 Å². The Morgan fingerprint density at radius 3 is 2.68 bits per heavy atom. The van der Waals surface area contributed by atoms with Crippen molar-refractivity contribution in [2.24, 2.45) is 10.9 Å². The van der Waals surface area contributed by atoms with E-state index in [0.717, 1.165) is 24.9 Å². The third-order valence-corrected chi connectivity index (χ3v) is 3.31. The van der Waals surface area contributed by atoms with Crippen LogP contribution in [0.3, 0.4) is 0 Å².